The van der Waals surface area contributed by atoms with Crippen molar-refractivity contribution in [1.82, 2.24) is 19.8 Å². The van der Waals surface area contributed by atoms with Crippen molar-refractivity contribution in [1.29, 1.82) is 0 Å². The average molecular weight is 408 g/mol. The summed E-state index contributed by atoms with van der Waals surface area (Å²) in [6.07, 6.45) is 1.19. The molecule has 0 atom stereocenters. The molecule has 0 aliphatic rings. The number of aliphatic hydroxyl groups is 1. The molecule has 30 heavy (non-hydrogen) atoms. The molecular weight excluding hydrogens is 384 g/mol. The quantitative estimate of drug-likeness (QED) is 0.382. The Hall–Kier alpha value is -3.68. The summed E-state index contributed by atoms with van der Waals surface area (Å²) < 4.78 is 8.47. The standard InChI is InChI=1S/C22H24N4O4/c1-13-7-6-8-19(26-22(29)25(5)23-24-26)18(13)12-30-21-10-14(2)17(9-15(21)3)20(28)11-16(4)27/h6-11,27H,12H2,1-5H3. The van der Waals surface area contributed by atoms with E-state index in [1.807, 2.05) is 32.9 Å². The number of carbonyl (C=O) groups excluding carboxylic acids is 1. The molecule has 0 radical (unpaired) electrons. The van der Waals surface area contributed by atoms with Crippen LogP contribution in [0.25, 0.3) is 5.69 Å². The molecular formula is C22H24N4O4. The van der Waals surface area contributed by atoms with Crippen molar-refractivity contribution in [3.8, 4) is 11.4 Å². The van der Waals surface area contributed by atoms with Crippen molar-refractivity contribution in [2.75, 3.05) is 0 Å². The monoisotopic (exact) mass is 408 g/mol. The number of aliphatic hydroxyl groups excluding tert-OH is 1. The van der Waals surface area contributed by atoms with Crippen molar-refractivity contribution < 1.29 is 14.6 Å². The summed E-state index contributed by atoms with van der Waals surface area (Å²) in [4.78, 5) is 24.6. The minimum Gasteiger partial charge on any atom is -0.512 e. The zero-order valence-electron chi connectivity index (χ0n) is 17.6. The number of allylic oxidation sites excluding steroid dienone is 2. The van der Waals surface area contributed by atoms with Gasteiger partial charge in [0.1, 0.15) is 12.4 Å². The number of tetrazole rings is 1. The van der Waals surface area contributed by atoms with Gasteiger partial charge < -0.3 is 9.84 Å². The molecule has 0 saturated carbocycles. The zero-order chi connectivity index (χ0) is 22.0. The predicted molar refractivity (Wildman–Crippen MR) is 112 cm³/mol. The number of nitrogens with zero attached hydrogens (tertiary/aromatic N) is 4. The summed E-state index contributed by atoms with van der Waals surface area (Å²) in [6.45, 7) is 7.28. The molecule has 0 bridgehead atoms. The van der Waals surface area contributed by atoms with Crippen LogP contribution in [0.1, 0.15) is 39.5 Å². The lowest BCUT2D eigenvalue weighted by atomic mass is 10.0. The summed E-state index contributed by atoms with van der Waals surface area (Å²) in [7, 11) is 1.54. The largest absolute Gasteiger partial charge is 0.512 e. The van der Waals surface area contributed by atoms with E-state index in [1.165, 1.54) is 22.4 Å². The highest BCUT2D eigenvalue weighted by Crippen LogP contribution is 2.26. The molecule has 0 aliphatic heterocycles. The van der Waals surface area contributed by atoms with Crippen LogP contribution in [0.5, 0.6) is 5.75 Å². The van der Waals surface area contributed by atoms with E-state index < -0.39 is 0 Å². The van der Waals surface area contributed by atoms with Gasteiger partial charge in [0.2, 0.25) is 0 Å². The number of benzene rings is 2. The van der Waals surface area contributed by atoms with Crippen molar-refractivity contribution in [3.63, 3.8) is 0 Å². The summed E-state index contributed by atoms with van der Waals surface area (Å²) >= 11 is 0. The molecule has 156 valence electrons. The third-order valence-electron chi connectivity index (χ3n) is 4.83. The molecule has 3 rings (SSSR count). The van der Waals surface area contributed by atoms with E-state index in [0.29, 0.717) is 17.0 Å². The van der Waals surface area contributed by atoms with Gasteiger partial charge in [-0.15, -0.1) is 0 Å². The number of ketones is 1. The first-order chi connectivity index (χ1) is 14.2. The SMILES string of the molecule is CC(O)=CC(=O)c1cc(C)c(OCc2c(C)cccc2-n2nnn(C)c2=O)cc1C. The van der Waals surface area contributed by atoms with Gasteiger partial charge in [-0.3, -0.25) is 4.79 Å². The van der Waals surface area contributed by atoms with Gasteiger partial charge in [0.15, 0.2) is 5.78 Å². The minimum absolute atomic E-state index is 0.0382. The Balaban J connectivity index is 1.92. The molecule has 0 saturated heterocycles. The van der Waals surface area contributed by atoms with Crippen molar-refractivity contribution in [2.45, 2.75) is 34.3 Å². The number of hydrogen-bond acceptors (Lipinski definition) is 6. The smallest absolute Gasteiger partial charge is 0.368 e. The first-order valence-corrected chi connectivity index (χ1v) is 9.42. The van der Waals surface area contributed by atoms with Crippen molar-refractivity contribution in [3.05, 3.63) is 80.5 Å². The second kappa shape index (κ2) is 8.36. The van der Waals surface area contributed by atoms with Crippen molar-refractivity contribution in [2.24, 2.45) is 7.05 Å². The Morgan fingerprint density at radius 1 is 1.13 bits per heavy atom. The van der Waals surface area contributed by atoms with Gasteiger partial charge >= 0.3 is 5.69 Å². The molecule has 1 aromatic heterocycles. The van der Waals surface area contributed by atoms with E-state index in [9.17, 15) is 14.7 Å². The fourth-order valence-electron chi connectivity index (χ4n) is 3.17. The summed E-state index contributed by atoms with van der Waals surface area (Å²) in [6, 6.07) is 9.13. The Morgan fingerprint density at radius 2 is 1.87 bits per heavy atom. The molecule has 0 fully saturated rings. The Bertz CT molecular complexity index is 1200. The van der Waals surface area contributed by atoms with Gasteiger partial charge in [0, 0.05) is 24.3 Å². The highest BCUT2D eigenvalue weighted by atomic mass is 16.5. The molecule has 8 heteroatoms. The van der Waals surface area contributed by atoms with E-state index in [-0.39, 0.29) is 23.8 Å². The third-order valence-corrected chi connectivity index (χ3v) is 4.83. The van der Waals surface area contributed by atoms with E-state index in [2.05, 4.69) is 10.4 Å². The van der Waals surface area contributed by atoms with Crippen LogP contribution in [-0.2, 0) is 13.7 Å². The van der Waals surface area contributed by atoms with Crippen LogP contribution in [0.2, 0.25) is 0 Å². The maximum atomic E-state index is 12.3. The second-order valence-electron chi connectivity index (χ2n) is 7.24. The molecule has 8 nitrogen and oxygen atoms in total. The predicted octanol–water partition coefficient (Wildman–Crippen LogP) is 3.11. The number of hydrogen-bond donors (Lipinski definition) is 1. The number of aryl methyl sites for hydroxylation is 4. The van der Waals surface area contributed by atoms with Crippen LogP contribution in [0, 0.1) is 20.8 Å². The lowest BCUT2D eigenvalue weighted by Gasteiger charge is -2.15. The molecule has 2 aromatic carbocycles. The van der Waals surface area contributed by atoms with Crippen LogP contribution < -0.4 is 10.4 Å². The van der Waals surface area contributed by atoms with Crippen LogP contribution in [-0.4, -0.2) is 30.7 Å². The van der Waals surface area contributed by atoms with E-state index in [0.717, 1.165) is 22.3 Å². The Morgan fingerprint density at radius 3 is 2.50 bits per heavy atom. The fourth-order valence-corrected chi connectivity index (χ4v) is 3.17. The van der Waals surface area contributed by atoms with E-state index in [1.54, 1.807) is 25.2 Å². The van der Waals surface area contributed by atoms with Gasteiger partial charge in [-0.1, -0.05) is 12.1 Å². The van der Waals surface area contributed by atoms with E-state index >= 15 is 0 Å². The average Bonchev–Trinajstić information content (AvgIpc) is 3.00. The Kier molecular flexibility index (Phi) is 5.86. The number of aromatic nitrogens is 4. The topological polar surface area (TPSA) is 99.2 Å². The molecule has 3 aromatic rings. The fraction of sp³-hybridized carbons (Fsp3) is 0.273. The summed E-state index contributed by atoms with van der Waals surface area (Å²) in [5.74, 6) is 0.337. The lowest BCUT2D eigenvalue weighted by molar-refractivity contribution is 0.104. The highest BCUT2D eigenvalue weighted by Gasteiger charge is 2.15. The van der Waals surface area contributed by atoms with Gasteiger partial charge in [-0.2, -0.15) is 9.36 Å². The maximum Gasteiger partial charge on any atom is 0.368 e. The third kappa shape index (κ3) is 4.17. The first kappa shape index (κ1) is 21.0. The summed E-state index contributed by atoms with van der Waals surface area (Å²) in [5, 5.41) is 17.1. The number of rotatable bonds is 6. The molecule has 1 N–H and O–H groups in total. The van der Waals surface area contributed by atoms with E-state index in [4.69, 9.17) is 4.74 Å². The van der Waals surface area contributed by atoms with Crippen LogP contribution >= 0.6 is 0 Å². The minimum atomic E-state index is -0.344. The number of ether oxygens (including phenoxy) is 1. The normalized spacial score (nSPS) is 11.6. The molecule has 0 spiro atoms. The Labute approximate surface area is 174 Å². The van der Waals surface area contributed by atoms with Crippen molar-refractivity contribution >= 4 is 5.78 Å². The van der Waals surface area contributed by atoms with Gasteiger partial charge in [-0.25, -0.2) is 4.79 Å². The van der Waals surface area contributed by atoms with Gasteiger partial charge in [0.25, 0.3) is 0 Å². The van der Waals surface area contributed by atoms with Crippen LogP contribution in [0.15, 0.2) is 47.0 Å². The molecule has 1 heterocycles. The van der Waals surface area contributed by atoms with Crippen LogP contribution in [0.4, 0.5) is 0 Å². The molecule has 0 amide bonds. The lowest BCUT2D eigenvalue weighted by Crippen LogP contribution is -2.23. The van der Waals surface area contributed by atoms with Crippen LogP contribution in [0.3, 0.4) is 0 Å². The van der Waals surface area contributed by atoms with Gasteiger partial charge in [0.05, 0.1) is 11.4 Å². The highest BCUT2D eigenvalue weighted by molar-refractivity contribution is 6.06. The maximum absolute atomic E-state index is 12.3. The van der Waals surface area contributed by atoms with Gasteiger partial charge in [-0.05, 0) is 73.0 Å². The zero-order valence-corrected chi connectivity index (χ0v) is 17.6. The second-order valence-corrected chi connectivity index (χ2v) is 7.24. The first-order valence-electron chi connectivity index (χ1n) is 9.42. The molecule has 0 unspecified atom stereocenters. The molecule has 0 aliphatic carbocycles. The number of carbonyl (C=O) groups is 1. The summed E-state index contributed by atoms with van der Waals surface area (Å²) in [5.41, 5.74) is 4.08.